The second kappa shape index (κ2) is 7.98. The topological polar surface area (TPSA) is 95.6 Å². The standard InChI is InChI=1S/C15H24FN3O4S2/c1-3-9-24(20,21)18-15-7-6-13(10-14(15)16)25(22,23)19-8-4-5-12(11-19)17-2/h6-7,10,12,17-18H,3-5,8-9,11H2,1-2H3. The van der Waals surface area contributed by atoms with E-state index in [9.17, 15) is 21.2 Å². The molecule has 1 aliphatic heterocycles. The molecule has 142 valence electrons. The van der Waals surface area contributed by atoms with E-state index in [2.05, 4.69) is 10.0 Å². The SMILES string of the molecule is CCCS(=O)(=O)Nc1ccc(S(=O)(=O)N2CCCC(NC)C2)cc1F. The van der Waals surface area contributed by atoms with Crippen molar-refractivity contribution in [2.75, 3.05) is 30.6 Å². The summed E-state index contributed by atoms with van der Waals surface area (Å²) < 4.78 is 66.6. The average Bonchev–Trinajstić information content (AvgIpc) is 2.56. The van der Waals surface area contributed by atoms with Gasteiger partial charge in [0.15, 0.2) is 0 Å². The summed E-state index contributed by atoms with van der Waals surface area (Å²) >= 11 is 0. The summed E-state index contributed by atoms with van der Waals surface area (Å²) in [4.78, 5) is -0.180. The van der Waals surface area contributed by atoms with Gasteiger partial charge in [-0.25, -0.2) is 21.2 Å². The van der Waals surface area contributed by atoms with Crippen LogP contribution in [0.2, 0.25) is 0 Å². The quantitative estimate of drug-likeness (QED) is 0.729. The van der Waals surface area contributed by atoms with Crippen LogP contribution in [0.1, 0.15) is 26.2 Å². The molecule has 1 saturated heterocycles. The summed E-state index contributed by atoms with van der Waals surface area (Å²) in [5.74, 6) is -1.05. The Balaban J connectivity index is 2.24. The molecule has 1 aromatic carbocycles. The summed E-state index contributed by atoms with van der Waals surface area (Å²) in [6.45, 7) is 2.40. The summed E-state index contributed by atoms with van der Waals surface area (Å²) in [6.07, 6.45) is 2.00. The minimum Gasteiger partial charge on any atom is -0.316 e. The van der Waals surface area contributed by atoms with E-state index in [0.717, 1.165) is 25.0 Å². The molecule has 1 aromatic rings. The lowest BCUT2D eigenvalue weighted by molar-refractivity contribution is 0.293. The highest BCUT2D eigenvalue weighted by atomic mass is 32.2. The van der Waals surface area contributed by atoms with Crippen LogP contribution in [0.4, 0.5) is 10.1 Å². The molecule has 0 aliphatic carbocycles. The minimum atomic E-state index is -3.82. The van der Waals surface area contributed by atoms with E-state index in [-0.39, 0.29) is 22.4 Å². The van der Waals surface area contributed by atoms with Gasteiger partial charge in [0.1, 0.15) is 5.82 Å². The van der Waals surface area contributed by atoms with Crippen LogP contribution in [0.5, 0.6) is 0 Å². The van der Waals surface area contributed by atoms with E-state index in [1.54, 1.807) is 14.0 Å². The molecule has 2 rings (SSSR count). The maximum atomic E-state index is 14.2. The fourth-order valence-corrected chi connectivity index (χ4v) is 5.45. The van der Waals surface area contributed by atoms with Gasteiger partial charge in [-0.3, -0.25) is 4.72 Å². The Morgan fingerprint density at radius 1 is 1.28 bits per heavy atom. The summed E-state index contributed by atoms with van der Waals surface area (Å²) in [7, 11) is -5.69. The van der Waals surface area contributed by atoms with E-state index in [1.807, 2.05) is 0 Å². The molecule has 1 unspecified atom stereocenters. The second-order valence-electron chi connectivity index (χ2n) is 6.05. The zero-order valence-corrected chi connectivity index (χ0v) is 16.0. The van der Waals surface area contributed by atoms with Crippen LogP contribution >= 0.6 is 0 Å². The first-order chi connectivity index (χ1) is 11.7. The predicted octanol–water partition coefficient (Wildman–Crippen LogP) is 1.35. The van der Waals surface area contributed by atoms with Crippen molar-refractivity contribution in [1.29, 1.82) is 0 Å². The molecule has 1 fully saturated rings. The Morgan fingerprint density at radius 2 is 2.00 bits per heavy atom. The predicted molar refractivity (Wildman–Crippen MR) is 94.9 cm³/mol. The molecule has 0 bridgehead atoms. The average molecular weight is 394 g/mol. The van der Waals surface area contributed by atoms with Gasteiger partial charge >= 0.3 is 0 Å². The number of nitrogens with zero attached hydrogens (tertiary/aromatic N) is 1. The highest BCUT2D eigenvalue weighted by molar-refractivity contribution is 7.92. The van der Waals surface area contributed by atoms with Crippen LogP contribution in [-0.4, -0.2) is 53.1 Å². The van der Waals surface area contributed by atoms with Crippen molar-refractivity contribution in [3.63, 3.8) is 0 Å². The van der Waals surface area contributed by atoms with Gasteiger partial charge < -0.3 is 5.32 Å². The first-order valence-electron chi connectivity index (χ1n) is 8.17. The first kappa shape index (κ1) is 20.1. The number of anilines is 1. The van der Waals surface area contributed by atoms with Gasteiger partial charge in [-0.2, -0.15) is 4.31 Å². The highest BCUT2D eigenvalue weighted by Gasteiger charge is 2.30. The molecule has 10 heteroatoms. The van der Waals surface area contributed by atoms with Gasteiger partial charge in [0.25, 0.3) is 0 Å². The lowest BCUT2D eigenvalue weighted by Crippen LogP contribution is -2.46. The van der Waals surface area contributed by atoms with Gasteiger partial charge in [0.05, 0.1) is 16.3 Å². The molecule has 2 N–H and O–H groups in total. The highest BCUT2D eigenvalue weighted by Crippen LogP contribution is 2.25. The fraction of sp³-hybridized carbons (Fsp3) is 0.600. The van der Waals surface area contributed by atoms with Crippen molar-refractivity contribution in [2.24, 2.45) is 0 Å². The number of rotatable bonds is 7. The zero-order valence-electron chi connectivity index (χ0n) is 14.3. The van der Waals surface area contributed by atoms with Gasteiger partial charge in [-0.15, -0.1) is 0 Å². The number of piperidine rings is 1. The molecule has 0 radical (unpaired) electrons. The molecule has 0 saturated carbocycles. The Bertz CT molecular complexity index is 812. The van der Waals surface area contributed by atoms with Crippen molar-refractivity contribution < 1.29 is 21.2 Å². The van der Waals surface area contributed by atoms with E-state index in [0.29, 0.717) is 19.5 Å². The number of hydrogen-bond acceptors (Lipinski definition) is 5. The lowest BCUT2D eigenvalue weighted by atomic mass is 10.1. The molecule has 25 heavy (non-hydrogen) atoms. The molecule has 0 aromatic heterocycles. The van der Waals surface area contributed by atoms with Gasteiger partial charge in [-0.05, 0) is 44.5 Å². The number of hydrogen-bond donors (Lipinski definition) is 2. The molecule has 0 amide bonds. The number of likely N-dealkylation sites (N-methyl/N-ethyl adjacent to an activating group) is 1. The molecular weight excluding hydrogens is 369 g/mol. The molecule has 1 aliphatic rings. The number of sulfonamides is 2. The van der Waals surface area contributed by atoms with Gasteiger partial charge in [0.2, 0.25) is 20.0 Å². The third kappa shape index (κ3) is 4.90. The van der Waals surface area contributed by atoms with Crippen LogP contribution in [0.3, 0.4) is 0 Å². The van der Waals surface area contributed by atoms with Crippen molar-refractivity contribution in [1.82, 2.24) is 9.62 Å². The maximum absolute atomic E-state index is 14.2. The summed E-state index contributed by atoms with van der Waals surface area (Å²) in [5.41, 5.74) is -0.251. The van der Waals surface area contributed by atoms with Crippen molar-refractivity contribution >= 4 is 25.7 Å². The fourth-order valence-electron chi connectivity index (χ4n) is 2.77. The van der Waals surface area contributed by atoms with Gasteiger partial charge in [0, 0.05) is 19.1 Å². The van der Waals surface area contributed by atoms with E-state index in [4.69, 9.17) is 0 Å². The number of nitrogens with one attached hydrogen (secondary N) is 2. The largest absolute Gasteiger partial charge is 0.316 e. The Kier molecular flexibility index (Phi) is 6.41. The minimum absolute atomic E-state index is 0.0634. The van der Waals surface area contributed by atoms with Crippen molar-refractivity contribution in [2.45, 2.75) is 37.1 Å². The zero-order chi connectivity index (χ0) is 18.7. The number of halogens is 1. The monoisotopic (exact) mass is 393 g/mol. The Labute approximate surface area is 148 Å². The maximum Gasteiger partial charge on any atom is 0.243 e. The third-order valence-electron chi connectivity index (χ3n) is 4.11. The van der Waals surface area contributed by atoms with Crippen LogP contribution in [-0.2, 0) is 20.0 Å². The van der Waals surface area contributed by atoms with Crippen molar-refractivity contribution in [3.05, 3.63) is 24.0 Å². The summed E-state index contributed by atoms with van der Waals surface area (Å²) in [6, 6.07) is 3.30. The van der Waals surface area contributed by atoms with E-state index < -0.39 is 25.9 Å². The first-order valence-corrected chi connectivity index (χ1v) is 11.3. The van der Waals surface area contributed by atoms with Gasteiger partial charge in [-0.1, -0.05) is 6.92 Å². The van der Waals surface area contributed by atoms with Crippen LogP contribution < -0.4 is 10.0 Å². The summed E-state index contributed by atoms with van der Waals surface area (Å²) in [5, 5.41) is 3.06. The lowest BCUT2D eigenvalue weighted by Gasteiger charge is -2.31. The molecule has 7 nitrogen and oxygen atoms in total. The van der Waals surface area contributed by atoms with E-state index in [1.165, 1.54) is 10.4 Å². The third-order valence-corrected chi connectivity index (χ3v) is 7.45. The van der Waals surface area contributed by atoms with Crippen LogP contribution in [0.15, 0.2) is 23.1 Å². The normalized spacial score (nSPS) is 19.7. The Morgan fingerprint density at radius 3 is 2.60 bits per heavy atom. The molecular formula is C15H24FN3O4S2. The Hall–Kier alpha value is -1.23. The second-order valence-corrected chi connectivity index (χ2v) is 9.83. The van der Waals surface area contributed by atoms with E-state index >= 15 is 0 Å². The molecule has 1 atom stereocenters. The number of benzene rings is 1. The van der Waals surface area contributed by atoms with Crippen molar-refractivity contribution in [3.8, 4) is 0 Å². The molecule has 1 heterocycles. The van der Waals surface area contributed by atoms with Crippen LogP contribution in [0, 0.1) is 5.82 Å². The van der Waals surface area contributed by atoms with Crippen LogP contribution in [0.25, 0.3) is 0 Å². The smallest absolute Gasteiger partial charge is 0.243 e. The molecule has 0 spiro atoms.